The van der Waals surface area contributed by atoms with Gasteiger partial charge in [-0.3, -0.25) is 4.90 Å². The van der Waals surface area contributed by atoms with Crippen molar-refractivity contribution in [1.82, 2.24) is 10.2 Å². The van der Waals surface area contributed by atoms with E-state index in [-0.39, 0.29) is 6.04 Å². The molecule has 0 spiro atoms. The first-order valence-corrected chi connectivity index (χ1v) is 4.69. The number of carbonyl (C=O) groups is 1. The first-order valence-electron chi connectivity index (χ1n) is 4.69. The number of nitrogens with zero attached hydrogens (tertiary/aromatic N) is 1. The number of allylic oxidation sites excluding steroid dienone is 1. The van der Waals surface area contributed by atoms with Gasteiger partial charge in [0.05, 0.1) is 6.04 Å². The van der Waals surface area contributed by atoms with Crippen LogP contribution in [0.15, 0.2) is 24.4 Å². The number of aliphatic hydroxyl groups is 1. The van der Waals surface area contributed by atoms with Crippen LogP contribution in [0, 0.1) is 0 Å². The van der Waals surface area contributed by atoms with Gasteiger partial charge in [-0.25, -0.2) is 4.79 Å². The first-order chi connectivity index (χ1) is 6.93. The second kappa shape index (κ2) is 4.46. The summed E-state index contributed by atoms with van der Waals surface area (Å²) in [6, 6.07) is -0.301. The minimum atomic E-state index is -1.20. The molecule has 1 rings (SSSR count). The van der Waals surface area contributed by atoms with Gasteiger partial charge in [0.15, 0.2) is 6.23 Å². The Morgan fingerprint density at radius 1 is 1.73 bits per heavy atom. The Morgan fingerprint density at radius 3 is 2.67 bits per heavy atom. The van der Waals surface area contributed by atoms with Crippen LogP contribution in [0.25, 0.3) is 0 Å². The van der Waals surface area contributed by atoms with Crippen molar-refractivity contribution in [2.24, 2.45) is 0 Å². The summed E-state index contributed by atoms with van der Waals surface area (Å²) in [6.07, 6.45) is -1.73. The minimum absolute atomic E-state index is 0.300. The van der Waals surface area contributed by atoms with E-state index < -0.39 is 12.3 Å². The first kappa shape index (κ1) is 11.7. The Bertz CT molecular complexity index is 287. The van der Waals surface area contributed by atoms with Crippen molar-refractivity contribution in [3.63, 3.8) is 0 Å². The normalized spacial score (nSPS) is 22.5. The number of rotatable bonds is 3. The average Bonchev–Trinajstić information content (AvgIpc) is 2.50. The highest BCUT2D eigenvalue weighted by Crippen LogP contribution is 2.18. The summed E-state index contributed by atoms with van der Waals surface area (Å²) in [6.45, 7) is 9.46. The molecule has 3 N–H and O–H groups in total. The van der Waals surface area contributed by atoms with Crippen molar-refractivity contribution in [1.29, 1.82) is 0 Å². The molecule has 1 saturated heterocycles. The van der Waals surface area contributed by atoms with E-state index in [1.54, 1.807) is 6.92 Å². The predicted molar refractivity (Wildman–Crippen MR) is 56.2 cm³/mol. The molecule has 0 aromatic heterocycles. The molecule has 1 aliphatic rings. The highest BCUT2D eigenvalue weighted by Gasteiger charge is 2.32. The molecule has 0 bridgehead atoms. The van der Waals surface area contributed by atoms with Crippen molar-refractivity contribution in [3.8, 4) is 0 Å². The predicted octanol–water partition coefficient (Wildman–Crippen LogP) is 0.737. The molecule has 1 amide bonds. The summed E-state index contributed by atoms with van der Waals surface area (Å²) >= 11 is 0. The maximum atomic E-state index is 10.9. The summed E-state index contributed by atoms with van der Waals surface area (Å²) in [5, 5.41) is 21.7. The average molecular weight is 212 g/mol. The smallest absolute Gasteiger partial charge is 0.413 e. The third kappa shape index (κ3) is 2.57. The molecule has 5 heteroatoms. The Kier molecular flexibility index (Phi) is 3.49. The van der Waals surface area contributed by atoms with E-state index in [0.717, 1.165) is 10.5 Å². The van der Waals surface area contributed by atoms with Crippen molar-refractivity contribution < 1.29 is 15.0 Å². The standard InChI is InChI=1S/C10H16N2O3/c1-6(2)12(10(14)15)9(13)8-4-7(3)5-11-8/h8-9,11,13H,1,3-5H2,2H3,(H,14,15)/t8-,9?/m0/s1. The van der Waals surface area contributed by atoms with E-state index >= 15 is 0 Å². The van der Waals surface area contributed by atoms with Crippen molar-refractivity contribution >= 4 is 6.09 Å². The lowest BCUT2D eigenvalue weighted by molar-refractivity contribution is 0.0108. The van der Waals surface area contributed by atoms with Crippen LogP contribution < -0.4 is 5.32 Å². The number of hydrogen-bond acceptors (Lipinski definition) is 3. The summed E-state index contributed by atoms with van der Waals surface area (Å²) in [4.78, 5) is 11.7. The molecular weight excluding hydrogens is 196 g/mol. The van der Waals surface area contributed by atoms with Gasteiger partial charge in [0.2, 0.25) is 0 Å². The van der Waals surface area contributed by atoms with Gasteiger partial charge in [0, 0.05) is 12.2 Å². The minimum Gasteiger partial charge on any atom is -0.465 e. The SMILES string of the molecule is C=C1CN[C@H](C(O)N(C(=C)C)C(=O)O)C1. The molecule has 0 aromatic carbocycles. The fourth-order valence-electron chi connectivity index (χ4n) is 1.62. The van der Waals surface area contributed by atoms with Crippen LogP contribution in [0.4, 0.5) is 4.79 Å². The van der Waals surface area contributed by atoms with E-state index in [1.165, 1.54) is 0 Å². The number of amides is 1. The molecule has 0 aromatic rings. The number of carboxylic acid groups (broad SMARTS) is 1. The second-order valence-electron chi connectivity index (χ2n) is 3.74. The van der Waals surface area contributed by atoms with Crippen LogP contribution in [0.2, 0.25) is 0 Å². The quantitative estimate of drug-likeness (QED) is 0.476. The summed E-state index contributed by atoms with van der Waals surface area (Å²) in [5.41, 5.74) is 1.26. The molecular formula is C10H16N2O3. The number of hydrogen-bond donors (Lipinski definition) is 3. The maximum Gasteiger partial charge on any atom is 0.413 e. The Labute approximate surface area is 88.7 Å². The summed E-state index contributed by atoms with van der Waals surface area (Å²) in [7, 11) is 0. The van der Waals surface area contributed by atoms with E-state index in [4.69, 9.17) is 5.11 Å². The number of nitrogens with one attached hydrogen (secondary N) is 1. The highest BCUT2D eigenvalue weighted by atomic mass is 16.4. The highest BCUT2D eigenvalue weighted by molar-refractivity contribution is 5.67. The topological polar surface area (TPSA) is 72.8 Å². The van der Waals surface area contributed by atoms with Crippen LogP contribution in [0.3, 0.4) is 0 Å². The Balaban J connectivity index is 2.72. The molecule has 1 unspecified atom stereocenters. The van der Waals surface area contributed by atoms with Crippen LogP contribution in [0.1, 0.15) is 13.3 Å². The monoisotopic (exact) mass is 212 g/mol. The second-order valence-corrected chi connectivity index (χ2v) is 3.74. The molecule has 1 fully saturated rings. The zero-order valence-corrected chi connectivity index (χ0v) is 8.73. The zero-order valence-electron chi connectivity index (χ0n) is 8.73. The summed E-state index contributed by atoms with van der Waals surface area (Å²) < 4.78 is 0. The third-order valence-electron chi connectivity index (χ3n) is 2.36. The molecule has 84 valence electrons. The molecule has 15 heavy (non-hydrogen) atoms. The molecule has 0 saturated carbocycles. The van der Waals surface area contributed by atoms with Crippen LogP contribution in [0.5, 0.6) is 0 Å². The van der Waals surface area contributed by atoms with E-state index in [2.05, 4.69) is 18.5 Å². The maximum absolute atomic E-state index is 10.9. The molecule has 0 aliphatic carbocycles. The van der Waals surface area contributed by atoms with Gasteiger partial charge in [-0.15, -0.1) is 0 Å². The molecule has 1 heterocycles. The van der Waals surface area contributed by atoms with Gasteiger partial charge in [0.25, 0.3) is 0 Å². The molecule has 1 aliphatic heterocycles. The van der Waals surface area contributed by atoms with E-state index in [0.29, 0.717) is 18.7 Å². The van der Waals surface area contributed by atoms with Gasteiger partial charge in [0.1, 0.15) is 0 Å². The van der Waals surface area contributed by atoms with Gasteiger partial charge in [-0.1, -0.05) is 18.7 Å². The van der Waals surface area contributed by atoms with Crippen molar-refractivity contribution in [2.45, 2.75) is 25.6 Å². The van der Waals surface area contributed by atoms with Crippen molar-refractivity contribution in [3.05, 3.63) is 24.4 Å². The zero-order chi connectivity index (χ0) is 11.6. The summed E-state index contributed by atoms with van der Waals surface area (Å²) in [5.74, 6) is 0. The number of aliphatic hydroxyl groups excluding tert-OH is 1. The van der Waals surface area contributed by atoms with Crippen LogP contribution in [-0.2, 0) is 0 Å². The van der Waals surface area contributed by atoms with Crippen LogP contribution >= 0.6 is 0 Å². The van der Waals surface area contributed by atoms with Crippen LogP contribution in [-0.4, -0.2) is 40.0 Å². The van der Waals surface area contributed by atoms with Gasteiger partial charge >= 0.3 is 6.09 Å². The lowest BCUT2D eigenvalue weighted by Crippen LogP contribution is -2.48. The molecule has 0 radical (unpaired) electrons. The third-order valence-corrected chi connectivity index (χ3v) is 2.36. The lowest BCUT2D eigenvalue weighted by atomic mass is 10.1. The van der Waals surface area contributed by atoms with Gasteiger partial charge in [-0.2, -0.15) is 0 Å². The Hall–Kier alpha value is -1.33. The fraction of sp³-hybridized carbons (Fsp3) is 0.500. The molecule has 5 nitrogen and oxygen atoms in total. The van der Waals surface area contributed by atoms with Gasteiger partial charge < -0.3 is 15.5 Å². The van der Waals surface area contributed by atoms with E-state index in [9.17, 15) is 9.90 Å². The van der Waals surface area contributed by atoms with Gasteiger partial charge in [-0.05, 0) is 13.3 Å². The van der Waals surface area contributed by atoms with E-state index in [1.807, 2.05) is 0 Å². The largest absolute Gasteiger partial charge is 0.465 e. The lowest BCUT2D eigenvalue weighted by Gasteiger charge is -2.29. The Morgan fingerprint density at radius 2 is 2.33 bits per heavy atom. The van der Waals surface area contributed by atoms with Crippen molar-refractivity contribution in [2.75, 3.05) is 6.54 Å². The molecule has 2 atom stereocenters. The fourth-order valence-corrected chi connectivity index (χ4v) is 1.62.